The van der Waals surface area contributed by atoms with Gasteiger partial charge in [0.05, 0.1) is 16.6 Å². The molecule has 1 aromatic carbocycles. The summed E-state index contributed by atoms with van der Waals surface area (Å²) < 4.78 is 32.8. The number of hydrogen-bond donors (Lipinski definition) is 2. The molecule has 0 radical (unpaired) electrons. The molecule has 0 unspecified atom stereocenters. The van der Waals surface area contributed by atoms with Crippen molar-refractivity contribution in [3.8, 4) is 5.75 Å². The Bertz CT molecular complexity index is 817. The summed E-state index contributed by atoms with van der Waals surface area (Å²) in [6, 6.07) is 9.06. The summed E-state index contributed by atoms with van der Waals surface area (Å²) >= 11 is 0. The van der Waals surface area contributed by atoms with Gasteiger partial charge in [-0.3, -0.25) is 9.52 Å². The summed E-state index contributed by atoms with van der Waals surface area (Å²) in [6.07, 6.45) is 1.40. The van der Waals surface area contributed by atoms with E-state index in [0.29, 0.717) is 5.75 Å². The first-order valence-electron chi connectivity index (χ1n) is 7.30. The van der Waals surface area contributed by atoms with Crippen LogP contribution in [0.1, 0.15) is 24.2 Å². The van der Waals surface area contributed by atoms with Crippen LogP contribution in [-0.2, 0) is 10.0 Å². The minimum absolute atomic E-state index is 0.00536. The Kier molecular flexibility index (Phi) is 5.40. The lowest BCUT2D eigenvalue weighted by atomic mass is 10.2. The monoisotopic (exact) mass is 349 g/mol. The number of nitrogens with one attached hydrogen (secondary N) is 2. The fourth-order valence-corrected chi connectivity index (χ4v) is 2.99. The number of nitrogens with zero attached hydrogens (tertiary/aromatic N) is 1. The second-order valence-electron chi connectivity index (χ2n) is 5.22. The summed E-state index contributed by atoms with van der Waals surface area (Å²) in [5, 5.41) is 2.44. The van der Waals surface area contributed by atoms with Gasteiger partial charge >= 0.3 is 0 Å². The molecule has 0 saturated heterocycles. The molecule has 1 heterocycles. The van der Waals surface area contributed by atoms with E-state index in [1.54, 1.807) is 18.2 Å². The van der Waals surface area contributed by atoms with Crippen molar-refractivity contribution in [3.05, 3.63) is 48.2 Å². The SMILES string of the molecule is CNC(=O)c1cccnc1NS(=O)(=O)c1ccc(OC(C)C)cc1. The predicted molar refractivity (Wildman–Crippen MR) is 90.6 cm³/mol. The molecule has 2 N–H and O–H groups in total. The summed E-state index contributed by atoms with van der Waals surface area (Å²) in [7, 11) is -2.41. The number of ether oxygens (including phenoxy) is 1. The Morgan fingerprint density at radius 2 is 1.83 bits per heavy atom. The van der Waals surface area contributed by atoms with E-state index in [0.717, 1.165) is 0 Å². The van der Waals surface area contributed by atoms with Gasteiger partial charge in [0.15, 0.2) is 5.82 Å². The van der Waals surface area contributed by atoms with Crippen molar-refractivity contribution < 1.29 is 17.9 Å². The van der Waals surface area contributed by atoms with Crippen LogP contribution < -0.4 is 14.8 Å². The maximum absolute atomic E-state index is 12.5. The highest BCUT2D eigenvalue weighted by molar-refractivity contribution is 7.92. The van der Waals surface area contributed by atoms with E-state index in [1.807, 2.05) is 13.8 Å². The summed E-state index contributed by atoms with van der Waals surface area (Å²) in [5.41, 5.74) is 0.142. The first kappa shape index (κ1) is 17.7. The van der Waals surface area contributed by atoms with Crippen LogP contribution in [-0.4, -0.2) is 32.5 Å². The average Bonchev–Trinajstić information content (AvgIpc) is 2.54. The van der Waals surface area contributed by atoms with Crippen molar-refractivity contribution >= 4 is 21.7 Å². The first-order chi connectivity index (χ1) is 11.3. The maximum Gasteiger partial charge on any atom is 0.263 e. The number of carbonyl (C=O) groups excluding carboxylic acids is 1. The van der Waals surface area contributed by atoms with Crippen molar-refractivity contribution in [3.63, 3.8) is 0 Å². The highest BCUT2D eigenvalue weighted by atomic mass is 32.2. The van der Waals surface area contributed by atoms with Crippen LogP contribution in [0.2, 0.25) is 0 Å². The first-order valence-corrected chi connectivity index (χ1v) is 8.78. The Hall–Kier alpha value is -2.61. The molecule has 0 spiro atoms. The number of carbonyl (C=O) groups is 1. The molecule has 7 nitrogen and oxygen atoms in total. The number of hydrogen-bond acceptors (Lipinski definition) is 5. The molecule has 2 aromatic rings. The molecule has 1 amide bonds. The number of rotatable bonds is 6. The quantitative estimate of drug-likeness (QED) is 0.832. The van der Waals surface area contributed by atoms with Crippen LogP contribution in [0, 0.1) is 0 Å². The number of sulfonamides is 1. The van der Waals surface area contributed by atoms with E-state index >= 15 is 0 Å². The zero-order valence-electron chi connectivity index (χ0n) is 13.6. The molecular formula is C16H19N3O4S. The van der Waals surface area contributed by atoms with Crippen molar-refractivity contribution in [2.75, 3.05) is 11.8 Å². The third-order valence-electron chi connectivity index (χ3n) is 3.02. The van der Waals surface area contributed by atoms with Crippen LogP contribution >= 0.6 is 0 Å². The molecule has 24 heavy (non-hydrogen) atoms. The minimum Gasteiger partial charge on any atom is -0.491 e. The van der Waals surface area contributed by atoms with Crippen LogP contribution in [0.3, 0.4) is 0 Å². The molecule has 128 valence electrons. The van der Waals surface area contributed by atoms with Gasteiger partial charge in [0.1, 0.15) is 5.75 Å². The number of anilines is 1. The lowest BCUT2D eigenvalue weighted by Gasteiger charge is -2.12. The normalized spacial score (nSPS) is 11.2. The lowest BCUT2D eigenvalue weighted by Crippen LogP contribution is -2.22. The maximum atomic E-state index is 12.5. The zero-order chi connectivity index (χ0) is 17.7. The molecule has 1 aromatic heterocycles. The second-order valence-corrected chi connectivity index (χ2v) is 6.90. The van der Waals surface area contributed by atoms with Crippen LogP contribution in [0.4, 0.5) is 5.82 Å². The fourth-order valence-electron chi connectivity index (χ4n) is 1.96. The summed E-state index contributed by atoms with van der Waals surface area (Å²) in [4.78, 5) is 15.8. The Labute approximate surface area is 141 Å². The third-order valence-corrected chi connectivity index (χ3v) is 4.37. The molecule has 0 atom stereocenters. The predicted octanol–water partition coefficient (Wildman–Crippen LogP) is 2.03. The molecule has 0 bridgehead atoms. The van der Waals surface area contributed by atoms with E-state index in [1.165, 1.54) is 31.4 Å². The van der Waals surface area contributed by atoms with Gasteiger partial charge < -0.3 is 10.1 Å². The minimum atomic E-state index is -3.87. The van der Waals surface area contributed by atoms with Crippen molar-refractivity contribution in [1.29, 1.82) is 0 Å². The second kappa shape index (κ2) is 7.31. The Morgan fingerprint density at radius 3 is 2.42 bits per heavy atom. The molecule has 8 heteroatoms. The topological polar surface area (TPSA) is 97.4 Å². The highest BCUT2D eigenvalue weighted by Crippen LogP contribution is 2.20. The van der Waals surface area contributed by atoms with Gasteiger partial charge in [0.25, 0.3) is 15.9 Å². The molecular weight excluding hydrogens is 330 g/mol. The molecule has 0 aliphatic heterocycles. The number of benzene rings is 1. The van der Waals surface area contributed by atoms with Gasteiger partial charge in [-0.2, -0.15) is 0 Å². The van der Waals surface area contributed by atoms with Gasteiger partial charge in [0.2, 0.25) is 0 Å². The average molecular weight is 349 g/mol. The molecule has 0 aliphatic rings. The van der Waals surface area contributed by atoms with Crippen LogP contribution in [0.5, 0.6) is 5.75 Å². The van der Waals surface area contributed by atoms with Crippen LogP contribution in [0.15, 0.2) is 47.5 Å². The lowest BCUT2D eigenvalue weighted by molar-refractivity contribution is 0.0963. The zero-order valence-corrected chi connectivity index (χ0v) is 14.4. The van der Waals surface area contributed by atoms with Gasteiger partial charge in [-0.05, 0) is 50.2 Å². The van der Waals surface area contributed by atoms with Crippen molar-refractivity contribution in [2.45, 2.75) is 24.8 Å². The smallest absolute Gasteiger partial charge is 0.263 e. The Balaban J connectivity index is 2.28. The molecule has 0 saturated carbocycles. The Morgan fingerprint density at radius 1 is 1.17 bits per heavy atom. The van der Waals surface area contributed by atoms with E-state index in [9.17, 15) is 13.2 Å². The fraction of sp³-hybridized carbons (Fsp3) is 0.250. The number of amides is 1. The van der Waals surface area contributed by atoms with E-state index < -0.39 is 15.9 Å². The van der Waals surface area contributed by atoms with Crippen molar-refractivity contribution in [2.24, 2.45) is 0 Å². The van der Waals surface area contributed by atoms with Gasteiger partial charge in [-0.1, -0.05) is 0 Å². The van der Waals surface area contributed by atoms with Crippen LogP contribution in [0.25, 0.3) is 0 Å². The number of aromatic nitrogens is 1. The molecule has 0 aliphatic carbocycles. The number of pyridine rings is 1. The molecule has 2 rings (SSSR count). The van der Waals surface area contributed by atoms with E-state index in [4.69, 9.17) is 4.74 Å². The van der Waals surface area contributed by atoms with Gasteiger partial charge in [-0.15, -0.1) is 0 Å². The standard InChI is InChI=1S/C16H19N3O4S/c1-11(2)23-12-6-8-13(9-7-12)24(21,22)19-15-14(16(20)17-3)5-4-10-18-15/h4-11H,1-3H3,(H,17,20)(H,18,19). The third kappa shape index (κ3) is 4.23. The van der Waals surface area contributed by atoms with Crippen molar-refractivity contribution in [1.82, 2.24) is 10.3 Å². The molecule has 0 fully saturated rings. The van der Waals surface area contributed by atoms with E-state index in [-0.39, 0.29) is 22.4 Å². The van der Waals surface area contributed by atoms with E-state index in [2.05, 4.69) is 15.0 Å². The van der Waals surface area contributed by atoms with Gasteiger partial charge in [0, 0.05) is 13.2 Å². The highest BCUT2D eigenvalue weighted by Gasteiger charge is 2.19. The summed E-state index contributed by atoms with van der Waals surface area (Å²) in [5.74, 6) is 0.119. The largest absolute Gasteiger partial charge is 0.491 e. The summed E-state index contributed by atoms with van der Waals surface area (Å²) in [6.45, 7) is 3.77. The van der Waals surface area contributed by atoms with Gasteiger partial charge in [-0.25, -0.2) is 13.4 Å².